The lowest BCUT2D eigenvalue weighted by atomic mass is 10.2. The lowest BCUT2D eigenvalue weighted by molar-refractivity contribution is 0.122. The topological polar surface area (TPSA) is 133 Å². The number of aromatic nitrogens is 4. The Kier molecular flexibility index (Phi) is 4.84. The number of hydrogen-bond acceptors (Lipinski definition) is 9. The van der Waals surface area contributed by atoms with Crippen molar-refractivity contribution in [1.29, 1.82) is 0 Å². The summed E-state index contributed by atoms with van der Waals surface area (Å²) in [6.07, 6.45) is 3.54. The summed E-state index contributed by atoms with van der Waals surface area (Å²) in [7, 11) is 0. The number of carbonyl (C=O) groups is 1. The molecule has 31 heavy (non-hydrogen) atoms. The lowest BCUT2D eigenvalue weighted by Crippen LogP contribution is -2.36. The monoisotopic (exact) mass is 421 g/mol. The number of nitrogens with two attached hydrogens (primary N) is 1. The number of morpholine rings is 1. The van der Waals surface area contributed by atoms with Crippen molar-refractivity contribution in [3.05, 3.63) is 49.1 Å². The van der Waals surface area contributed by atoms with Crippen molar-refractivity contribution in [3.63, 3.8) is 0 Å². The standard InChI is InChI=1S/C20H19N7O4/c21-20(28)31-17-9-13(11-30-17)16-10-22-18(19-23-12-24-27(16)19)25-14-1-3-15(4-2-14)26-5-7-29-8-6-26/h1-4,9-12H,5-8H2,(H2,21,28)(H,22,25). The van der Waals surface area contributed by atoms with E-state index < -0.39 is 6.09 Å². The van der Waals surface area contributed by atoms with Gasteiger partial charge in [-0.3, -0.25) is 0 Å². The highest BCUT2D eigenvalue weighted by Crippen LogP contribution is 2.29. The molecule has 1 aliphatic heterocycles. The van der Waals surface area contributed by atoms with E-state index in [4.69, 9.17) is 19.6 Å². The molecule has 3 N–H and O–H groups in total. The van der Waals surface area contributed by atoms with Crippen molar-refractivity contribution < 1.29 is 18.7 Å². The number of benzene rings is 1. The molecular weight excluding hydrogens is 402 g/mol. The molecule has 0 aliphatic carbocycles. The number of carbonyl (C=O) groups excluding carboxylic acids is 1. The zero-order chi connectivity index (χ0) is 21.2. The quantitative estimate of drug-likeness (QED) is 0.498. The summed E-state index contributed by atoms with van der Waals surface area (Å²) in [6, 6.07) is 9.65. The SMILES string of the molecule is NC(=O)Oc1cc(-c2cnc(Nc3ccc(N4CCOCC4)cc3)c3ncnn23)co1. The fourth-order valence-electron chi connectivity index (χ4n) is 3.42. The Balaban J connectivity index is 1.39. The molecular formula is C20H19N7O4. The molecule has 5 rings (SSSR count). The average molecular weight is 421 g/mol. The second-order valence-electron chi connectivity index (χ2n) is 6.83. The van der Waals surface area contributed by atoms with Crippen LogP contribution in [0.2, 0.25) is 0 Å². The van der Waals surface area contributed by atoms with Crippen LogP contribution in [0.1, 0.15) is 0 Å². The highest BCUT2D eigenvalue weighted by atomic mass is 16.6. The molecule has 4 heterocycles. The smallest absolute Gasteiger partial charge is 0.412 e. The molecule has 1 aromatic carbocycles. The summed E-state index contributed by atoms with van der Waals surface area (Å²) in [4.78, 5) is 22.0. The van der Waals surface area contributed by atoms with Crippen LogP contribution in [-0.2, 0) is 4.74 Å². The Labute approximate surface area is 176 Å². The molecule has 0 atom stereocenters. The Hall–Kier alpha value is -4.12. The normalized spacial score (nSPS) is 14.0. The van der Waals surface area contributed by atoms with E-state index in [1.54, 1.807) is 10.7 Å². The van der Waals surface area contributed by atoms with Gasteiger partial charge in [0.25, 0.3) is 5.95 Å². The van der Waals surface area contributed by atoms with E-state index in [1.807, 2.05) is 12.1 Å². The number of fused-ring (bicyclic) bond motifs is 1. The van der Waals surface area contributed by atoms with E-state index in [-0.39, 0.29) is 5.95 Å². The summed E-state index contributed by atoms with van der Waals surface area (Å²) in [5, 5.41) is 7.56. The zero-order valence-electron chi connectivity index (χ0n) is 16.4. The number of rotatable bonds is 5. The highest BCUT2D eigenvalue weighted by Gasteiger charge is 2.16. The first-order valence-corrected chi connectivity index (χ1v) is 9.62. The lowest BCUT2D eigenvalue weighted by Gasteiger charge is -2.28. The molecule has 0 unspecified atom stereocenters. The van der Waals surface area contributed by atoms with Crippen LogP contribution >= 0.6 is 0 Å². The molecule has 1 aliphatic rings. The van der Waals surface area contributed by atoms with Crippen molar-refractivity contribution in [2.45, 2.75) is 0 Å². The summed E-state index contributed by atoms with van der Waals surface area (Å²) >= 11 is 0. The van der Waals surface area contributed by atoms with E-state index in [1.165, 1.54) is 18.7 Å². The number of amides is 1. The van der Waals surface area contributed by atoms with Crippen LogP contribution in [0, 0.1) is 0 Å². The summed E-state index contributed by atoms with van der Waals surface area (Å²) in [5.74, 6) is 0.538. The van der Waals surface area contributed by atoms with Crippen LogP contribution in [0.25, 0.3) is 16.9 Å². The van der Waals surface area contributed by atoms with Gasteiger partial charge in [-0.2, -0.15) is 5.10 Å². The number of nitrogens with zero attached hydrogens (tertiary/aromatic N) is 5. The minimum Gasteiger partial charge on any atom is -0.433 e. The number of nitrogens with one attached hydrogen (secondary N) is 1. The Bertz CT molecular complexity index is 1210. The maximum absolute atomic E-state index is 10.9. The van der Waals surface area contributed by atoms with Gasteiger partial charge in [0.05, 0.1) is 25.1 Å². The van der Waals surface area contributed by atoms with Gasteiger partial charge in [-0.25, -0.2) is 19.3 Å². The Morgan fingerprint density at radius 2 is 1.97 bits per heavy atom. The first-order chi connectivity index (χ1) is 15.2. The number of ether oxygens (including phenoxy) is 2. The van der Waals surface area contributed by atoms with Crippen LogP contribution in [0.5, 0.6) is 5.95 Å². The molecule has 11 heteroatoms. The van der Waals surface area contributed by atoms with Gasteiger partial charge in [0, 0.05) is 36.1 Å². The molecule has 0 radical (unpaired) electrons. The van der Waals surface area contributed by atoms with Crippen molar-refractivity contribution in [3.8, 4) is 17.2 Å². The summed E-state index contributed by atoms with van der Waals surface area (Å²) in [5.41, 5.74) is 8.80. The molecule has 3 aromatic heterocycles. The van der Waals surface area contributed by atoms with E-state index >= 15 is 0 Å². The molecule has 158 valence electrons. The summed E-state index contributed by atoms with van der Waals surface area (Å²) < 4.78 is 17.0. The molecule has 4 aromatic rings. The first kappa shape index (κ1) is 18.9. The maximum Gasteiger partial charge on any atom is 0.412 e. The minimum atomic E-state index is -0.955. The minimum absolute atomic E-state index is 0.0154. The number of anilines is 3. The van der Waals surface area contributed by atoms with Crippen LogP contribution in [-0.4, -0.2) is 52.0 Å². The molecule has 1 amide bonds. The highest BCUT2D eigenvalue weighted by molar-refractivity contribution is 5.74. The van der Waals surface area contributed by atoms with Crippen LogP contribution in [0.3, 0.4) is 0 Å². The molecule has 1 fully saturated rings. The average Bonchev–Trinajstić information content (AvgIpc) is 3.45. The van der Waals surface area contributed by atoms with Gasteiger partial charge in [0.2, 0.25) is 0 Å². The molecule has 0 bridgehead atoms. The third-order valence-corrected chi connectivity index (χ3v) is 4.88. The van der Waals surface area contributed by atoms with Crippen molar-refractivity contribution in [2.24, 2.45) is 5.73 Å². The van der Waals surface area contributed by atoms with Gasteiger partial charge in [0.1, 0.15) is 12.6 Å². The fraction of sp³-hybridized carbons (Fsp3) is 0.200. The van der Waals surface area contributed by atoms with Gasteiger partial charge in [-0.15, -0.1) is 0 Å². The van der Waals surface area contributed by atoms with Crippen LogP contribution < -0.4 is 20.7 Å². The van der Waals surface area contributed by atoms with E-state index in [2.05, 4.69) is 37.4 Å². The van der Waals surface area contributed by atoms with Crippen molar-refractivity contribution in [2.75, 3.05) is 36.5 Å². The van der Waals surface area contributed by atoms with Gasteiger partial charge >= 0.3 is 6.09 Å². The first-order valence-electron chi connectivity index (χ1n) is 9.62. The van der Waals surface area contributed by atoms with Crippen molar-refractivity contribution >= 4 is 28.9 Å². The van der Waals surface area contributed by atoms with E-state index in [9.17, 15) is 4.79 Å². The molecule has 11 nitrogen and oxygen atoms in total. The molecule has 0 saturated carbocycles. The predicted octanol–water partition coefficient (Wildman–Crippen LogP) is 2.42. The maximum atomic E-state index is 10.9. The molecule has 1 saturated heterocycles. The second-order valence-corrected chi connectivity index (χ2v) is 6.83. The van der Waals surface area contributed by atoms with Gasteiger partial charge in [0.15, 0.2) is 11.5 Å². The number of primary amides is 1. The Morgan fingerprint density at radius 1 is 1.16 bits per heavy atom. The second kappa shape index (κ2) is 7.95. The van der Waals surface area contributed by atoms with Gasteiger partial charge in [-0.1, -0.05) is 0 Å². The third kappa shape index (κ3) is 3.85. The fourth-order valence-corrected chi connectivity index (χ4v) is 3.42. The Morgan fingerprint density at radius 3 is 2.74 bits per heavy atom. The van der Waals surface area contributed by atoms with Gasteiger partial charge in [-0.05, 0) is 24.3 Å². The van der Waals surface area contributed by atoms with Crippen LogP contribution in [0.15, 0.2) is 53.5 Å². The van der Waals surface area contributed by atoms with Crippen LogP contribution in [0.4, 0.5) is 22.0 Å². The predicted molar refractivity (Wildman–Crippen MR) is 111 cm³/mol. The van der Waals surface area contributed by atoms with Crippen molar-refractivity contribution in [1.82, 2.24) is 19.6 Å². The van der Waals surface area contributed by atoms with Gasteiger partial charge < -0.3 is 29.8 Å². The van der Waals surface area contributed by atoms with E-state index in [0.29, 0.717) is 22.7 Å². The molecule has 0 spiro atoms. The number of furan rings is 1. The summed E-state index contributed by atoms with van der Waals surface area (Å²) in [6.45, 7) is 3.26. The largest absolute Gasteiger partial charge is 0.433 e. The number of hydrogen-bond donors (Lipinski definition) is 2. The zero-order valence-corrected chi connectivity index (χ0v) is 16.4. The van der Waals surface area contributed by atoms with E-state index in [0.717, 1.165) is 37.7 Å². The third-order valence-electron chi connectivity index (χ3n) is 4.88.